The van der Waals surface area contributed by atoms with Gasteiger partial charge in [-0.05, 0) is 18.4 Å². The van der Waals surface area contributed by atoms with Crippen molar-refractivity contribution in [2.45, 2.75) is 6.04 Å². The molecule has 1 heterocycles. The molecule has 0 aromatic heterocycles. The zero-order valence-electron chi connectivity index (χ0n) is 4.66. The fraction of sp³-hybridized carbons (Fsp3) is 0.167. The number of aliphatic carboxylic acids is 1. The van der Waals surface area contributed by atoms with Gasteiger partial charge in [-0.2, -0.15) is 0 Å². The minimum atomic E-state index is -0.907. The highest BCUT2D eigenvalue weighted by Crippen LogP contribution is 1.91. The van der Waals surface area contributed by atoms with Crippen molar-refractivity contribution in [3.8, 4) is 0 Å². The molecule has 0 amide bonds. The van der Waals surface area contributed by atoms with Crippen molar-refractivity contribution in [1.82, 2.24) is 5.32 Å². The van der Waals surface area contributed by atoms with Gasteiger partial charge in [0.25, 0.3) is 0 Å². The molecule has 0 bridgehead atoms. The molecule has 1 atom stereocenters. The molecule has 0 spiro atoms. The van der Waals surface area contributed by atoms with Crippen LogP contribution in [0.4, 0.5) is 0 Å². The van der Waals surface area contributed by atoms with Gasteiger partial charge in [-0.15, -0.1) is 0 Å². The molecule has 47 valence electrons. The van der Waals surface area contributed by atoms with Gasteiger partial charge in [-0.3, -0.25) is 0 Å². The lowest BCUT2D eigenvalue weighted by molar-refractivity contribution is -0.138. The van der Waals surface area contributed by atoms with Crippen LogP contribution in [0.15, 0.2) is 18.4 Å². The molecule has 1 radical (unpaired) electrons. The smallest absolute Gasteiger partial charge is 0.330 e. The number of nitrogens with one attached hydrogen (secondary N) is 1. The quantitative estimate of drug-likeness (QED) is 0.514. The minimum Gasteiger partial charge on any atom is -0.479 e. The number of hydrogen-bond acceptors (Lipinski definition) is 2. The molecule has 1 aliphatic heterocycles. The topological polar surface area (TPSA) is 49.3 Å². The Labute approximate surface area is 52.7 Å². The van der Waals surface area contributed by atoms with E-state index in [-0.39, 0.29) is 0 Å². The fourth-order valence-electron chi connectivity index (χ4n) is 0.542. The number of carboxylic acids is 1. The number of dihydropyridines is 1. The first kappa shape index (κ1) is 5.88. The van der Waals surface area contributed by atoms with Gasteiger partial charge in [0.2, 0.25) is 0 Å². The van der Waals surface area contributed by atoms with Gasteiger partial charge >= 0.3 is 5.97 Å². The summed E-state index contributed by atoms with van der Waals surface area (Å²) in [6.07, 6.45) is 7.45. The van der Waals surface area contributed by atoms with E-state index < -0.39 is 12.0 Å². The maximum Gasteiger partial charge on any atom is 0.330 e. The normalized spacial score (nSPS) is 23.3. The zero-order chi connectivity index (χ0) is 6.69. The molecule has 0 saturated heterocycles. The van der Waals surface area contributed by atoms with Gasteiger partial charge in [0.15, 0.2) is 6.04 Å². The van der Waals surface area contributed by atoms with E-state index in [0.29, 0.717) is 0 Å². The summed E-state index contributed by atoms with van der Waals surface area (Å²) in [6.45, 7) is 0. The lowest BCUT2D eigenvalue weighted by Crippen LogP contribution is -2.32. The molecule has 9 heavy (non-hydrogen) atoms. The molecular weight excluding hydrogens is 118 g/mol. The maximum atomic E-state index is 10.2. The molecule has 1 unspecified atom stereocenters. The summed E-state index contributed by atoms with van der Waals surface area (Å²) in [5, 5.41) is 11.0. The number of carboxylic acid groups (broad SMARTS) is 1. The summed E-state index contributed by atoms with van der Waals surface area (Å²) < 4.78 is 0. The number of carbonyl (C=O) groups is 1. The van der Waals surface area contributed by atoms with Crippen molar-refractivity contribution in [2.75, 3.05) is 0 Å². The van der Waals surface area contributed by atoms with E-state index in [9.17, 15) is 4.79 Å². The van der Waals surface area contributed by atoms with Crippen LogP contribution >= 0.6 is 0 Å². The first-order valence-corrected chi connectivity index (χ1v) is 2.54. The van der Waals surface area contributed by atoms with E-state index >= 15 is 0 Å². The van der Waals surface area contributed by atoms with Crippen molar-refractivity contribution in [1.29, 1.82) is 0 Å². The van der Waals surface area contributed by atoms with Crippen LogP contribution in [0, 0.1) is 6.08 Å². The van der Waals surface area contributed by atoms with E-state index in [4.69, 9.17) is 5.11 Å². The Morgan fingerprint density at radius 3 is 2.89 bits per heavy atom. The zero-order valence-corrected chi connectivity index (χ0v) is 4.66. The largest absolute Gasteiger partial charge is 0.479 e. The first-order chi connectivity index (χ1) is 4.30. The van der Waals surface area contributed by atoms with E-state index in [1.165, 1.54) is 0 Å². The van der Waals surface area contributed by atoms with Crippen LogP contribution in [-0.2, 0) is 4.79 Å². The summed E-state index contributed by atoms with van der Waals surface area (Å²) in [4.78, 5) is 10.2. The molecule has 0 saturated carbocycles. The average Bonchev–Trinajstić information content (AvgIpc) is 1.90. The lowest BCUT2D eigenvalue weighted by atomic mass is 10.2. The van der Waals surface area contributed by atoms with E-state index in [0.717, 1.165) is 0 Å². The summed E-state index contributed by atoms with van der Waals surface area (Å²) in [6, 6.07) is -0.671. The number of rotatable bonds is 1. The molecule has 1 aliphatic rings. The van der Waals surface area contributed by atoms with Crippen molar-refractivity contribution < 1.29 is 9.90 Å². The van der Waals surface area contributed by atoms with Crippen LogP contribution in [0.25, 0.3) is 0 Å². The maximum absolute atomic E-state index is 10.2. The molecule has 0 aromatic rings. The van der Waals surface area contributed by atoms with Gasteiger partial charge in [0.05, 0.1) is 0 Å². The SMILES string of the molecule is O=C(O)C1[C]=CC=CN1. The van der Waals surface area contributed by atoms with E-state index in [1.54, 1.807) is 18.4 Å². The second kappa shape index (κ2) is 2.35. The highest BCUT2D eigenvalue weighted by atomic mass is 16.4. The van der Waals surface area contributed by atoms with E-state index in [2.05, 4.69) is 11.4 Å². The summed E-state index contributed by atoms with van der Waals surface area (Å²) in [7, 11) is 0. The Bertz CT molecular complexity index is 172. The van der Waals surface area contributed by atoms with Crippen LogP contribution < -0.4 is 5.32 Å². The number of hydrogen-bond donors (Lipinski definition) is 2. The van der Waals surface area contributed by atoms with Crippen LogP contribution in [0.5, 0.6) is 0 Å². The van der Waals surface area contributed by atoms with Gasteiger partial charge in [0.1, 0.15) is 0 Å². The average molecular weight is 124 g/mol. The Morgan fingerprint density at radius 1 is 1.78 bits per heavy atom. The second-order valence-electron chi connectivity index (χ2n) is 1.63. The molecule has 0 fully saturated rings. The fourth-order valence-corrected chi connectivity index (χ4v) is 0.542. The van der Waals surface area contributed by atoms with Gasteiger partial charge in [-0.1, -0.05) is 6.08 Å². The third-order valence-corrected chi connectivity index (χ3v) is 0.965. The van der Waals surface area contributed by atoms with Crippen LogP contribution in [0.1, 0.15) is 0 Å². The highest BCUT2D eigenvalue weighted by Gasteiger charge is 2.11. The monoisotopic (exact) mass is 124 g/mol. The Morgan fingerprint density at radius 2 is 2.56 bits per heavy atom. The summed E-state index contributed by atoms with van der Waals surface area (Å²) >= 11 is 0. The summed E-state index contributed by atoms with van der Waals surface area (Å²) in [5.74, 6) is -0.907. The van der Waals surface area contributed by atoms with Crippen molar-refractivity contribution in [3.63, 3.8) is 0 Å². The van der Waals surface area contributed by atoms with E-state index in [1.807, 2.05) is 0 Å². The molecule has 3 nitrogen and oxygen atoms in total. The lowest BCUT2D eigenvalue weighted by Gasteiger charge is -2.08. The Hall–Kier alpha value is -1.25. The predicted octanol–water partition coefficient (Wildman–Crippen LogP) is -0.0841. The van der Waals surface area contributed by atoms with Gasteiger partial charge in [-0.25, -0.2) is 4.79 Å². The first-order valence-electron chi connectivity index (χ1n) is 2.54. The standard InChI is InChI=1S/C6H6NO2/c8-6(9)5-3-1-2-4-7-5/h1-2,4-5,7H,(H,8,9). The Balaban J connectivity index is 2.56. The van der Waals surface area contributed by atoms with Gasteiger partial charge in [0, 0.05) is 0 Å². The summed E-state index contributed by atoms with van der Waals surface area (Å²) in [5.41, 5.74) is 0. The molecular formula is C6H6NO2. The molecule has 0 aromatic carbocycles. The van der Waals surface area contributed by atoms with Crippen molar-refractivity contribution >= 4 is 5.97 Å². The van der Waals surface area contributed by atoms with Crippen LogP contribution in [0.2, 0.25) is 0 Å². The third-order valence-electron chi connectivity index (χ3n) is 0.965. The molecule has 3 heteroatoms. The molecule has 0 aliphatic carbocycles. The third kappa shape index (κ3) is 1.32. The van der Waals surface area contributed by atoms with Gasteiger partial charge < -0.3 is 10.4 Å². The van der Waals surface area contributed by atoms with Crippen LogP contribution in [-0.4, -0.2) is 17.1 Å². The number of allylic oxidation sites excluding steroid dienone is 2. The second-order valence-corrected chi connectivity index (χ2v) is 1.63. The van der Waals surface area contributed by atoms with Crippen molar-refractivity contribution in [3.05, 3.63) is 24.4 Å². The predicted molar refractivity (Wildman–Crippen MR) is 31.5 cm³/mol. The molecule has 2 N–H and O–H groups in total. The highest BCUT2D eigenvalue weighted by molar-refractivity contribution is 5.75. The van der Waals surface area contributed by atoms with Crippen LogP contribution in [0.3, 0.4) is 0 Å². The molecule has 1 rings (SSSR count). The Kier molecular flexibility index (Phi) is 1.53. The minimum absolute atomic E-state index is 0.671. The van der Waals surface area contributed by atoms with Crippen molar-refractivity contribution in [2.24, 2.45) is 0 Å².